The van der Waals surface area contributed by atoms with Crippen LogP contribution in [0, 0.1) is 12.8 Å². The molecule has 0 radical (unpaired) electrons. The molecule has 0 aliphatic carbocycles. The zero-order chi connectivity index (χ0) is 20.1. The van der Waals surface area contributed by atoms with Crippen LogP contribution in [0.15, 0.2) is 65.7 Å². The van der Waals surface area contributed by atoms with E-state index in [2.05, 4.69) is 78.6 Å². The van der Waals surface area contributed by atoms with Gasteiger partial charge in [-0.15, -0.1) is 0 Å². The Labute approximate surface area is 178 Å². The Balaban J connectivity index is 1.83. The van der Waals surface area contributed by atoms with E-state index in [0.717, 1.165) is 29.0 Å². The van der Waals surface area contributed by atoms with Crippen LogP contribution in [0.4, 0.5) is 5.69 Å². The van der Waals surface area contributed by atoms with Gasteiger partial charge < -0.3 is 0 Å². The Morgan fingerprint density at radius 3 is 1.96 bits per heavy atom. The van der Waals surface area contributed by atoms with E-state index >= 15 is 0 Å². The molecule has 0 saturated heterocycles. The fraction of sp³-hybridized carbons (Fsp3) is 0.240. The first-order valence-electron chi connectivity index (χ1n) is 9.59. The summed E-state index contributed by atoms with van der Waals surface area (Å²) in [6.45, 7) is 6.53. The van der Waals surface area contributed by atoms with Crippen LogP contribution in [0.2, 0.25) is 5.02 Å². The lowest BCUT2D eigenvalue weighted by Gasteiger charge is -2.10. The lowest BCUT2D eigenvalue weighted by Crippen LogP contribution is -1.97. The summed E-state index contributed by atoms with van der Waals surface area (Å²) < 4.78 is 0. The number of rotatable bonds is 6. The smallest absolute Gasteiger partial charge is 0.0955 e. The summed E-state index contributed by atoms with van der Waals surface area (Å²) >= 11 is 11.1. The first kappa shape index (κ1) is 20.5. The van der Waals surface area contributed by atoms with E-state index in [4.69, 9.17) is 23.8 Å². The molecule has 3 heteroatoms. The van der Waals surface area contributed by atoms with Crippen LogP contribution < -0.4 is 0 Å². The molecule has 3 rings (SSSR count). The second kappa shape index (κ2) is 9.30. The fourth-order valence-electron chi connectivity index (χ4n) is 3.33. The minimum absolute atomic E-state index is 0.591. The second-order valence-corrected chi connectivity index (χ2v) is 7.91. The fourth-order valence-corrected chi connectivity index (χ4v) is 3.73. The summed E-state index contributed by atoms with van der Waals surface area (Å²) in [6.07, 6.45) is 2.35. The maximum absolute atomic E-state index is 6.37. The minimum atomic E-state index is 0.591. The number of hydrogen-bond donors (Lipinski definition) is 0. The monoisotopic (exact) mass is 405 g/mol. The highest BCUT2D eigenvalue weighted by atomic mass is 35.5. The van der Waals surface area contributed by atoms with Crippen molar-refractivity contribution in [3.05, 3.63) is 76.8 Å². The number of halogens is 1. The van der Waals surface area contributed by atoms with Crippen molar-refractivity contribution in [2.24, 2.45) is 10.9 Å². The van der Waals surface area contributed by atoms with Gasteiger partial charge in [0.15, 0.2) is 0 Å². The Morgan fingerprint density at radius 1 is 0.929 bits per heavy atom. The van der Waals surface area contributed by atoms with Crippen LogP contribution in [-0.4, -0.2) is 5.16 Å². The van der Waals surface area contributed by atoms with Gasteiger partial charge in [0.2, 0.25) is 0 Å². The van der Waals surface area contributed by atoms with E-state index in [0.29, 0.717) is 10.7 Å². The Kier molecular flexibility index (Phi) is 6.80. The van der Waals surface area contributed by atoms with E-state index in [9.17, 15) is 0 Å². The molecule has 0 saturated carbocycles. The number of aliphatic imine (C=N–C) groups is 1. The predicted octanol–water partition coefficient (Wildman–Crippen LogP) is 8.31. The summed E-state index contributed by atoms with van der Waals surface area (Å²) in [5.74, 6) is 0.724. The number of benzene rings is 3. The number of hydrogen-bond acceptors (Lipinski definition) is 2. The van der Waals surface area contributed by atoms with Gasteiger partial charge in [0.25, 0.3) is 0 Å². The quantitative estimate of drug-likeness (QED) is 0.296. The van der Waals surface area contributed by atoms with Crippen molar-refractivity contribution in [1.82, 2.24) is 0 Å². The third kappa shape index (κ3) is 4.77. The van der Waals surface area contributed by atoms with Gasteiger partial charge in [-0.3, -0.25) is 0 Å². The molecule has 0 N–H and O–H groups in total. The number of isothiocyanates is 1. The third-order valence-electron chi connectivity index (χ3n) is 5.20. The van der Waals surface area contributed by atoms with Crippen molar-refractivity contribution in [3.63, 3.8) is 0 Å². The molecule has 0 spiro atoms. The molecule has 0 aliphatic heterocycles. The molecule has 0 bridgehead atoms. The van der Waals surface area contributed by atoms with Gasteiger partial charge in [0.05, 0.1) is 15.9 Å². The van der Waals surface area contributed by atoms with E-state index in [1.807, 2.05) is 13.0 Å². The Hall–Kier alpha value is -2.25. The molecular weight excluding hydrogens is 382 g/mol. The van der Waals surface area contributed by atoms with Crippen LogP contribution in [0.1, 0.15) is 31.4 Å². The van der Waals surface area contributed by atoms with Crippen molar-refractivity contribution in [1.29, 1.82) is 0 Å². The lowest BCUT2D eigenvalue weighted by molar-refractivity contribution is 0.560. The Morgan fingerprint density at radius 2 is 1.46 bits per heavy atom. The SMILES string of the molecule is CCC(C)Cc1ccc(-c2ccc(-c3cc(C)c(N=C=S)c(Cl)c3)cc2)cc1. The number of nitrogens with zero attached hydrogens (tertiary/aromatic N) is 1. The molecule has 0 amide bonds. The van der Waals surface area contributed by atoms with Gasteiger partial charge in [-0.1, -0.05) is 80.4 Å². The molecule has 0 aromatic heterocycles. The molecule has 0 fully saturated rings. The zero-order valence-corrected chi connectivity index (χ0v) is 18.1. The Bertz CT molecular complexity index is 977. The van der Waals surface area contributed by atoms with Crippen LogP contribution >= 0.6 is 23.8 Å². The molecule has 1 unspecified atom stereocenters. The van der Waals surface area contributed by atoms with Crippen LogP contribution in [0.5, 0.6) is 0 Å². The van der Waals surface area contributed by atoms with Gasteiger partial charge >= 0.3 is 0 Å². The maximum atomic E-state index is 6.37. The van der Waals surface area contributed by atoms with E-state index in [1.54, 1.807) is 0 Å². The van der Waals surface area contributed by atoms with Crippen molar-refractivity contribution in [2.45, 2.75) is 33.6 Å². The largest absolute Gasteiger partial charge is 0.193 e. The van der Waals surface area contributed by atoms with Crippen molar-refractivity contribution >= 4 is 34.7 Å². The lowest BCUT2D eigenvalue weighted by atomic mass is 9.95. The summed E-state index contributed by atoms with van der Waals surface area (Å²) in [5.41, 5.74) is 7.72. The normalized spacial score (nSPS) is 11.7. The zero-order valence-electron chi connectivity index (χ0n) is 16.5. The molecule has 0 aliphatic rings. The summed E-state index contributed by atoms with van der Waals surface area (Å²) in [4.78, 5) is 4.06. The minimum Gasteiger partial charge on any atom is -0.193 e. The maximum Gasteiger partial charge on any atom is 0.0955 e. The summed E-state index contributed by atoms with van der Waals surface area (Å²) in [5, 5.41) is 2.98. The van der Waals surface area contributed by atoms with Gasteiger partial charge in [-0.05, 0) is 77.0 Å². The van der Waals surface area contributed by atoms with Crippen LogP contribution in [0.25, 0.3) is 22.3 Å². The van der Waals surface area contributed by atoms with Gasteiger partial charge in [0.1, 0.15) is 0 Å². The predicted molar refractivity (Wildman–Crippen MR) is 125 cm³/mol. The van der Waals surface area contributed by atoms with Gasteiger partial charge in [0, 0.05) is 0 Å². The average Bonchev–Trinajstić information content (AvgIpc) is 2.71. The van der Waals surface area contributed by atoms with Crippen molar-refractivity contribution < 1.29 is 0 Å². The highest BCUT2D eigenvalue weighted by Crippen LogP contribution is 2.34. The second-order valence-electron chi connectivity index (χ2n) is 7.32. The first-order valence-corrected chi connectivity index (χ1v) is 10.4. The molecular formula is C25H24ClNS. The topological polar surface area (TPSA) is 12.4 Å². The summed E-state index contributed by atoms with van der Waals surface area (Å²) in [6, 6.07) is 21.5. The molecule has 0 heterocycles. The van der Waals surface area contributed by atoms with E-state index in [-0.39, 0.29) is 0 Å². The molecule has 1 atom stereocenters. The van der Waals surface area contributed by atoms with Crippen molar-refractivity contribution in [2.75, 3.05) is 0 Å². The molecule has 3 aromatic rings. The highest BCUT2D eigenvalue weighted by Gasteiger charge is 2.08. The molecule has 28 heavy (non-hydrogen) atoms. The number of thiocarbonyl (C=S) groups is 1. The molecule has 3 aromatic carbocycles. The molecule has 142 valence electrons. The average molecular weight is 406 g/mol. The van der Waals surface area contributed by atoms with Crippen molar-refractivity contribution in [3.8, 4) is 22.3 Å². The van der Waals surface area contributed by atoms with E-state index < -0.39 is 0 Å². The van der Waals surface area contributed by atoms with Crippen LogP contribution in [0.3, 0.4) is 0 Å². The summed E-state index contributed by atoms with van der Waals surface area (Å²) in [7, 11) is 0. The first-order chi connectivity index (χ1) is 13.5. The molecule has 1 nitrogen and oxygen atoms in total. The number of aryl methyl sites for hydroxylation is 1. The third-order valence-corrected chi connectivity index (χ3v) is 5.58. The van der Waals surface area contributed by atoms with Gasteiger partial charge in [-0.25, -0.2) is 0 Å². The van der Waals surface area contributed by atoms with Gasteiger partial charge in [-0.2, -0.15) is 4.99 Å². The highest BCUT2D eigenvalue weighted by molar-refractivity contribution is 7.78. The van der Waals surface area contributed by atoms with Crippen LogP contribution in [-0.2, 0) is 6.42 Å². The standard InChI is InChI=1S/C25H24ClNS/c1-4-17(2)13-19-5-7-20(8-6-19)21-9-11-22(12-10-21)23-14-18(3)25(27-16-28)24(26)15-23/h5-12,14-15,17H,4,13H2,1-3H3. The van der Waals surface area contributed by atoms with E-state index in [1.165, 1.54) is 23.1 Å².